The molecule has 37 heavy (non-hydrogen) atoms. The molecule has 1 atom stereocenters. The monoisotopic (exact) mass is 500 g/mol. The van der Waals surface area contributed by atoms with Gasteiger partial charge in [0.15, 0.2) is 6.10 Å². The Kier molecular flexibility index (Phi) is 8.00. The lowest BCUT2D eigenvalue weighted by Gasteiger charge is -2.37. The molecule has 4 amide bonds. The Hall–Kier alpha value is -3.62. The summed E-state index contributed by atoms with van der Waals surface area (Å²) in [6.07, 6.45) is 0.358. The van der Waals surface area contributed by atoms with Crippen molar-refractivity contribution in [3.05, 3.63) is 47.5 Å². The van der Waals surface area contributed by atoms with E-state index >= 15 is 0 Å². The van der Waals surface area contributed by atoms with Crippen molar-refractivity contribution in [2.45, 2.75) is 37.8 Å². The van der Waals surface area contributed by atoms with Gasteiger partial charge in [-0.2, -0.15) is 0 Å². The molecule has 0 aliphatic carbocycles. The van der Waals surface area contributed by atoms with Gasteiger partial charge in [-0.15, -0.1) is 0 Å². The van der Waals surface area contributed by atoms with Crippen molar-refractivity contribution in [3.8, 4) is 5.75 Å². The first kappa shape index (κ1) is 26.4. The van der Waals surface area contributed by atoms with Crippen LogP contribution in [0.15, 0.2) is 36.4 Å². The number of anilines is 1. The number of phenolic OH excluding ortho intramolecular Hbond substituents is 1. The first-order chi connectivity index (χ1) is 17.6. The number of rotatable bonds is 5. The fourth-order valence-electron chi connectivity index (χ4n) is 4.84. The minimum absolute atomic E-state index is 0.000475. The van der Waals surface area contributed by atoms with E-state index in [9.17, 15) is 19.5 Å². The maximum Gasteiger partial charge on any atom is 0.410 e. The Balaban J connectivity index is 1.37. The number of amides is 4. The summed E-state index contributed by atoms with van der Waals surface area (Å²) in [4.78, 5) is 43.4. The van der Waals surface area contributed by atoms with Crippen LogP contribution in [0.2, 0.25) is 0 Å². The largest absolute Gasteiger partial charge is 0.509 e. The van der Waals surface area contributed by atoms with Crippen LogP contribution in [-0.4, -0.2) is 99.4 Å². The Bertz CT molecular complexity index is 1160. The number of ether oxygens (including phenoxy) is 1. The zero-order chi connectivity index (χ0) is 26.7. The number of phenols is 1. The number of carbonyl (C=O) groups is 3. The number of hydrogen-bond donors (Lipinski definition) is 2. The van der Waals surface area contributed by atoms with Gasteiger partial charge in [0.2, 0.25) is 0 Å². The van der Waals surface area contributed by atoms with E-state index in [2.05, 4.69) is 5.32 Å². The molecule has 1 saturated heterocycles. The topological polar surface area (TPSA) is 102 Å². The van der Waals surface area contributed by atoms with Crippen LogP contribution in [0.4, 0.5) is 15.3 Å². The van der Waals surface area contributed by atoms with Gasteiger partial charge in [-0.3, -0.25) is 4.79 Å². The number of urea groups is 1. The van der Waals surface area contributed by atoms with E-state index < -0.39 is 12.2 Å². The average molecular weight is 500 g/mol. The zero-order valence-electron chi connectivity index (χ0n) is 21.1. The Morgan fingerprint density at radius 1 is 1.14 bits per heavy atom. The first-order valence-electron chi connectivity index (χ1n) is 12.3. The maximum absolute atomic E-state index is 13.0. The van der Waals surface area contributed by atoms with Crippen molar-refractivity contribution in [1.82, 2.24) is 14.7 Å². The standard InChI is InChI=1S/C26H30B2N4O5/c1-30(2)24(34)22(15-16-13-19(27)23(33)20(28)14-16)37-26(36)31-10-8-18(9-11-31)32-12-7-17-5-3-4-6-21(17)29-25(32)35/h3-6,13-14,18,22,33H,7-12,15H2,1-2H3,(H,29,35)/t22-/m1/s1. The number of carbonyl (C=O) groups excluding carboxylic acids is 3. The van der Waals surface area contributed by atoms with Crippen LogP contribution in [0.3, 0.4) is 0 Å². The minimum atomic E-state index is -1.08. The molecule has 0 bridgehead atoms. The number of piperidine rings is 1. The van der Waals surface area contributed by atoms with E-state index in [1.165, 1.54) is 17.0 Å². The third kappa shape index (κ3) is 6.03. The van der Waals surface area contributed by atoms with Crippen molar-refractivity contribution < 1.29 is 24.2 Å². The highest BCUT2D eigenvalue weighted by Crippen LogP contribution is 2.25. The SMILES string of the molecule is [B]c1cc(C[C@@H](OC(=O)N2CCC(N3CCc4ccccc4NC3=O)CC2)C(=O)N(C)C)cc([B])c1O. The molecule has 11 heteroatoms. The number of aromatic hydroxyl groups is 1. The van der Waals surface area contributed by atoms with Crippen molar-refractivity contribution >= 4 is 50.3 Å². The molecular weight excluding hydrogens is 470 g/mol. The molecular formula is C26H30B2N4O5. The molecule has 0 unspecified atom stereocenters. The third-order valence-corrected chi connectivity index (χ3v) is 6.91. The van der Waals surface area contributed by atoms with Gasteiger partial charge < -0.3 is 29.9 Å². The molecule has 4 rings (SSSR count). The zero-order valence-corrected chi connectivity index (χ0v) is 21.1. The van der Waals surface area contributed by atoms with Gasteiger partial charge in [0.05, 0.1) is 0 Å². The number of hydrogen-bond acceptors (Lipinski definition) is 5. The van der Waals surface area contributed by atoms with Crippen LogP contribution < -0.4 is 16.2 Å². The molecule has 190 valence electrons. The Morgan fingerprint density at radius 2 is 1.78 bits per heavy atom. The van der Waals surface area contributed by atoms with Crippen LogP contribution in [0.5, 0.6) is 5.75 Å². The van der Waals surface area contributed by atoms with Gasteiger partial charge >= 0.3 is 12.1 Å². The summed E-state index contributed by atoms with van der Waals surface area (Å²) in [5.74, 6) is -0.602. The van der Waals surface area contributed by atoms with Crippen LogP contribution in [-0.2, 0) is 22.4 Å². The number of nitrogens with zero attached hydrogens (tertiary/aromatic N) is 3. The molecule has 9 nitrogen and oxygen atoms in total. The van der Waals surface area contributed by atoms with Gasteiger partial charge in [-0.25, -0.2) is 9.59 Å². The molecule has 2 aromatic carbocycles. The average Bonchev–Trinajstić information content (AvgIpc) is 3.04. The lowest BCUT2D eigenvalue weighted by Crippen LogP contribution is -2.51. The molecule has 0 saturated carbocycles. The molecule has 2 aliphatic heterocycles. The predicted octanol–water partition coefficient (Wildman–Crippen LogP) is 0.670. The van der Waals surface area contributed by atoms with E-state index in [0.29, 0.717) is 38.0 Å². The highest BCUT2D eigenvalue weighted by atomic mass is 16.6. The lowest BCUT2D eigenvalue weighted by molar-refractivity contribution is -0.138. The summed E-state index contributed by atoms with van der Waals surface area (Å²) in [6.45, 7) is 1.42. The molecule has 0 spiro atoms. The number of likely N-dealkylation sites (N-methyl/N-ethyl adjacent to an activating group) is 1. The van der Waals surface area contributed by atoms with Crippen LogP contribution >= 0.6 is 0 Å². The van der Waals surface area contributed by atoms with Crippen molar-refractivity contribution in [3.63, 3.8) is 0 Å². The predicted molar refractivity (Wildman–Crippen MR) is 142 cm³/mol. The second kappa shape index (κ2) is 11.2. The van der Waals surface area contributed by atoms with Gasteiger partial charge in [0, 0.05) is 51.9 Å². The van der Waals surface area contributed by atoms with E-state index in [0.717, 1.165) is 17.7 Å². The normalized spacial score (nSPS) is 16.9. The fourth-order valence-corrected chi connectivity index (χ4v) is 4.84. The number of para-hydroxylation sites is 1. The van der Waals surface area contributed by atoms with Crippen LogP contribution in [0.25, 0.3) is 0 Å². The molecule has 4 radical (unpaired) electrons. The van der Waals surface area contributed by atoms with Crippen molar-refractivity contribution in [2.24, 2.45) is 0 Å². The fraction of sp³-hybridized carbons (Fsp3) is 0.423. The van der Waals surface area contributed by atoms with Gasteiger partial charge in [0.1, 0.15) is 21.4 Å². The van der Waals surface area contributed by atoms with E-state index in [1.54, 1.807) is 19.0 Å². The number of nitrogens with one attached hydrogen (secondary N) is 1. The van der Waals surface area contributed by atoms with Crippen molar-refractivity contribution in [2.75, 3.05) is 39.0 Å². The summed E-state index contributed by atoms with van der Waals surface area (Å²) in [5.41, 5.74) is 2.67. The second-order valence-corrected chi connectivity index (χ2v) is 9.68. The number of benzene rings is 2. The highest BCUT2D eigenvalue weighted by molar-refractivity contribution is 6.41. The molecule has 0 aromatic heterocycles. The second-order valence-electron chi connectivity index (χ2n) is 9.68. The third-order valence-electron chi connectivity index (χ3n) is 6.91. The highest BCUT2D eigenvalue weighted by Gasteiger charge is 2.33. The van der Waals surface area contributed by atoms with Gasteiger partial charge in [-0.05, 0) is 36.5 Å². The number of fused-ring (bicyclic) bond motifs is 1. The Morgan fingerprint density at radius 3 is 2.43 bits per heavy atom. The maximum atomic E-state index is 13.0. The first-order valence-corrected chi connectivity index (χ1v) is 12.3. The van der Waals surface area contributed by atoms with Crippen LogP contribution in [0, 0.1) is 0 Å². The quantitative estimate of drug-likeness (QED) is 0.588. The summed E-state index contributed by atoms with van der Waals surface area (Å²) in [5, 5.41) is 12.8. The van der Waals surface area contributed by atoms with Gasteiger partial charge in [-0.1, -0.05) is 41.3 Å². The smallest absolute Gasteiger partial charge is 0.410 e. The van der Waals surface area contributed by atoms with Crippen LogP contribution in [0.1, 0.15) is 24.0 Å². The lowest BCUT2D eigenvalue weighted by atomic mass is 9.83. The minimum Gasteiger partial charge on any atom is -0.509 e. The van der Waals surface area contributed by atoms with E-state index in [4.69, 9.17) is 20.4 Å². The molecule has 1 fully saturated rings. The number of likely N-dealkylation sites (tertiary alicyclic amines) is 1. The summed E-state index contributed by atoms with van der Waals surface area (Å²) in [6, 6.07) is 10.7. The molecule has 2 N–H and O–H groups in total. The Labute approximate surface area is 219 Å². The summed E-state index contributed by atoms with van der Waals surface area (Å²) in [7, 11) is 14.8. The van der Waals surface area contributed by atoms with E-state index in [-0.39, 0.29) is 41.1 Å². The van der Waals surface area contributed by atoms with Gasteiger partial charge in [0.25, 0.3) is 5.91 Å². The summed E-state index contributed by atoms with van der Waals surface area (Å²) >= 11 is 0. The summed E-state index contributed by atoms with van der Waals surface area (Å²) < 4.78 is 5.65. The molecule has 2 aliphatic rings. The molecule has 2 heterocycles. The molecule has 2 aromatic rings. The van der Waals surface area contributed by atoms with Crippen molar-refractivity contribution in [1.29, 1.82) is 0 Å². The van der Waals surface area contributed by atoms with E-state index in [1.807, 2.05) is 29.2 Å².